The molecule has 1 saturated heterocycles. The van der Waals surface area contributed by atoms with Crippen molar-refractivity contribution in [3.8, 4) is 5.75 Å². The van der Waals surface area contributed by atoms with Crippen LogP contribution in [0.4, 0.5) is 0 Å². The minimum atomic E-state index is -0.444. The number of carbonyl (C=O) groups is 1. The molecule has 0 bridgehead atoms. The van der Waals surface area contributed by atoms with Crippen LogP contribution in [0.25, 0.3) is 0 Å². The highest BCUT2D eigenvalue weighted by Gasteiger charge is 2.45. The average Bonchev–Trinajstić information content (AvgIpc) is 2.93. The van der Waals surface area contributed by atoms with E-state index >= 15 is 0 Å². The lowest BCUT2D eigenvalue weighted by Crippen LogP contribution is -2.38. The highest BCUT2D eigenvalue weighted by molar-refractivity contribution is 9.10. The number of ether oxygens (including phenoxy) is 1. The zero-order chi connectivity index (χ0) is 19.7. The molecular weight excluding hydrogens is 450 g/mol. The molecule has 1 aliphatic carbocycles. The second-order valence-corrected chi connectivity index (χ2v) is 9.88. The monoisotopic (exact) mass is 477 g/mol. The molecule has 3 nitrogen and oxygen atoms in total. The molecule has 2 aromatic carbocycles. The Morgan fingerprint density at radius 2 is 1.86 bits per heavy atom. The Morgan fingerprint density at radius 1 is 1.17 bits per heavy atom. The Morgan fingerprint density at radius 3 is 2.52 bits per heavy atom. The second-order valence-electron chi connectivity index (χ2n) is 8.36. The SMILES string of the molecule is COc1cc2c(cc1C)CC(Br)(CC1CCN(Cc3ccccc3)CC1)C2=O.Cl. The number of halogens is 2. The molecule has 1 atom stereocenters. The number of Topliss-reactive ketones (excluding diaryl/α,β-unsaturated/α-hetero) is 1. The molecule has 29 heavy (non-hydrogen) atoms. The maximum Gasteiger partial charge on any atom is 0.180 e. The van der Waals surface area contributed by atoms with Gasteiger partial charge < -0.3 is 4.74 Å². The minimum absolute atomic E-state index is 0. The standard InChI is InChI=1S/C24H28BrNO2.ClH/c1-17-12-20-15-24(25,23(27)21(20)13-22(17)28-2)14-18-8-10-26(11-9-18)16-19-6-4-3-5-7-19;/h3-7,12-13,18H,8-11,14-16H2,1-2H3;1H. The third-order valence-electron chi connectivity index (χ3n) is 6.31. The first-order chi connectivity index (χ1) is 13.5. The highest BCUT2D eigenvalue weighted by Crippen LogP contribution is 2.44. The van der Waals surface area contributed by atoms with Gasteiger partial charge in [-0.2, -0.15) is 0 Å². The summed E-state index contributed by atoms with van der Waals surface area (Å²) in [5.74, 6) is 1.62. The predicted octanol–water partition coefficient (Wildman–Crippen LogP) is 5.60. The number of ketones is 1. The van der Waals surface area contributed by atoms with Crippen molar-refractivity contribution in [1.82, 2.24) is 4.90 Å². The fourth-order valence-corrected chi connectivity index (χ4v) is 5.74. The van der Waals surface area contributed by atoms with Gasteiger partial charge in [0, 0.05) is 12.1 Å². The molecule has 1 fully saturated rings. The number of rotatable bonds is 5. The quantitative estimate of drug-likeness (QED) is 0.524. The fraction of sp³-hybridized carbons (Fsp3) is 0.458. The average molecular weight is 479 g/mol. The number of piperidine rings is 1. The zero-order valence-electron chi connectivity index (χ0n) is 17.1. The van der Waals surface area contributed by atoms with Gasteiger partial charge in [-0.15, -0.1) is 12.4 Å². The molecule has 1 aliphatic heterocycles. The van der Waals surface area contributed by atoms with Crippen molar-refractivity contribution in [2.75, 3.05) is 20.2 Å². The number of carbonyl (C=O) groups excluding carboxylic acids is 1. The van der Waals surface area contributed by atoms with Crippen LogP contribution in [-0.4, -0.2) is 35.2 Å². The summed E-state index contributed by atoms with van der Waals surface area (Å²) < 4.78 is 4.98. The maximum absolute atomic E-state index is 13.2. The van der Waals surface area contributed by atoms with Gasteiger partial charge >= 0.3 is 0 Å². The first kappa shape index (κ1) is 22.3. The molecule has 0 amide bonds. The van der Waals surface area contributed by atoms with Crippen molar-refractivity contribution in [1.29, 1.82) is 0 Å². The van der Waals surface area contributed by atoms with Gasteiger partial charge in [0.15, 0.2) is 5.78 Å². The smallest absolute Gasteiger partial charge is 0.180 e. The van der Waals surface area contributed by atoms with Crippen molar-refractivity contribution < 1.29 is 9.53 Å². The number of aryl methyl sites for hydroxylation is 1. The predicted molar refractivity (Wildman–Crippen MR) is 124 cm³/mol. The lowest BCUT2D eigenvalue weighted by atomic mass is 9.85. The van der Waals surface area contributed by atoms with Crippen LogP contribution in [-0.2, 0) is 13.0 Å². The Bertz CT molecular complexity index is 865. The first-order valence-electron chi connectivity index (χ1n) is 10.2. The number of benzene rings is 2. The molecule has 0 N–H and O–H groups in total. The molecule has 1 heterocycles. The fourth-order valence-electron chi connectivity index (χ4n) is 4.76. The number of methoxy groups -OCH3 is 1. The Balaban J connectivity index is 0.00000240. The summed E-state index contributed by atoms with van der Waals surface area (Å²) in [5.41, 5.74) is 4.46. The normalized spacial score (nSPS) is 22.2. The van der Waals surface area contributed by atoms with Crippen LogP contribution in [0.1, 0.15) is 46.3 Å². The number of likely N-dealkylation sites (tertiary alicyclic amines) is 1. The van der Waals surface area contributed by atoms with Gasteiger partial charge in [0.25, 0.3) is 0 Å². The van der Waals surface area contributed by atoms with Crippen molar-refractivity contribution in [2.24, 2.45) is 5.92 Å². The van der Waals surface area contributed by atoms with Crippen molar-refractivity contribution >= 4 is 34.1 Å². The molecule has 0 spiro atoms. The van der Waals surface area contributed by atoms with Crippen molar-refractivity contribution in [3.05, 3.63) is 64.7 Å². The lowest BCUT2D eigenvalue weighted by Gasteiger charge is -2.35. The van der Waals surface area contributed by atoms with Gasteiger partial charge in [0.2, 0.25) is 0 Å². The third-order valence-corrected chi connectivity index (χ3v) is 7.28. The maximum atomic E-state index is 13.2. The van der Waals surface area contributed by atoms with E-state index in [9.17, 15) is 4.79 Å². The molecule has 1 unspecified atom stereocenters. The van der Waals surface area contributed by atoms with E-state index < -0.39 is 4.32 Å². The second kappa shape index (κ2) is 9.20. The van der Waals surface area contributed by atoms with Gasteiger partial charge in [-0.1, -0.05) is 52.3 Å². The van der Waals surface area contributed by atoms with Crippen LogP contribution >= 0.6 is 28.3 Å². The summed E-state index contributed by atoms with van der Waals surface area (Å²) in [6.45, 7) is 5.28. The van der Waals surface area contributed by atoms with Crippen LogP contribution in [0.3, 0.4) is 0 Å². The van der Waals surface area contributed by atoms with E-state index in [-0.39, 0.29) is 18.2 Å². The van der Waals surface area contributed by atoms with E-state index in [1.54, 1.807) is 7.11 Å². The van der Waals surface area contributed by atoms with Gasteiger partial charge in [-0.3, -0.25) is 9.69 Å². The molecule has 156 valence electrons. The summed E-state index contributed by atoms with van der Waals surface area (Å²) >= 11 is 3.86. The Labute approximate surface area is 188 Å². The molecule has 0 saturated carbocycles. The number of fused-ring (bicyclic) bond motifs is 1. The van der Waals surface area contributed by atoms with Gasteiger partial charge in [0.05, 0.1) is 11.4 Å². The molecule has 5 heteroatoms. The number of alkyl halides is 1. The van der Waals surface area contributed by atoms with Crippen LogP contribution in [0.2, 0.25) is 0 Å². The zero-order valence-corrected chi connectivity index (χ0v) is 19.5. The number of hydrogen-bond donors (Lipinski definition) is 0. The van der Waals surface area contributed by atoms with Crippen LogP contribution < -0.4 is 4.74 Å². The third kappa shape index (κ3) is 4.70. The van der Waals surface area contributed by atoms with Gasteiger partial charge in [-0.25, -0.2) is 0 Å². The van der Waals surface area contributed by atoms with Crippen LogP contribution in [0.5, 0.6) is 5.75 Å². The summed E-state index contributed by atoms with van der Waals surface area (Å²) in [6.07, 6.45) is 4.02. The summed E-state index contributed by atoms with van der Waals surface area (Å²) in [7, 11) is 1.67. The summed E-state index contributed by atoms with van der Waals surface area (Å²) in [6, 6.07) is 14.7. The van der Waals surface area contributed by atoms with Crippen LogP contribution in [0, 0.1) is 12.8 Å². The number of nitrogens with zero attached hydrogens (tertiary/aromatic N) is 1. The van der Waals surface area contributed by atoms with Crippen LogP contribution in [0.15, 0.2) is 42.5 Å². The molecule has 0 radical (unpaired) electrons. The molecule has 0 aromatic heterocycles. The van der Waals surface area contributed by atoms with E-state index in [0.717, 1.165) is 67.8 Å². The number of hydrogen-bond acceptors (Lipinski definition) is 3. The van der Waals surface area contributed by atoms with E-state index in [2.05, 4.69) is 57.2 Å². The topological polar surface area (TPSA) is 29.5 Å². The molecular formula is C24H29BrClNO2. The summed E-state index contributed by atoms with van der Waals surface area (Å²) in [5, 5.41) is 0. The first-order valence-corrected chi connectivity index (χ1v) is 11.0. The molecule has 4 rings (SSSR count). The largest absolute Gasteiger partial charge is 0.496 e. The minimum Gasteiger partial charge on any atom is -0.496 e. The molecule has 2 aliphatic rings. The van der Waals surface area contributed by atoms with E-state index in [1.165, 1.54) is 5.56 Å². The van der Waals surface area contributed by atoms with Gasteiger partial charge in [-0.05, 0) is 74.4 Å². The molecule has 2 aromatic rings. The van der Waals surface area contributed by atoms with Crippen molar-refractivity contribution in [3.63, 3.8) is 0 Å². The van der Waals surface area contributed by atoms with Gasteiger partial charge in [0.1, 0.15) is 5.75 Å². The van der Waals surface area contributed by atoms with Crippen molar-refractivity contribution in [2.45, 2.75) is 43.5 Å². The van der Waals surface area contributed by atoms with E-state index in [0.29, 0.717) is 5.92 Å². The Kier molecular flexibility index (Phi) is 7.08. The Hall–Kier alpha value is -1.36. The van der Waals surface area contributed by atoms with E-state index in [4.69, 9.17) is 4.74 Å². The van der Waals surface area contributed by atoms with E-state index in [1.807, 2.05) is 13.0 Å². The lowest BCUT2D eigenvalue weighted by molar-refractivity contribution is 0.0929. The highest BCUT2D eigenvalue weighted by atomic mass is 79.9. The summed E-state index contributed by atoms with van der Waals surface area (Å²) in [4.78, 5) is 15.7.